The van der Waals surface area contributed by atoms with Crippen LogP contribution in [-0.4, -0.2) is 44.3 Å². The van der Waals surface area contributed by atoms with Gasteiger partial charge in [-0.05, 0) is 43.2 Å². The van der Waals surface area contributed by atoms with Crippen molar-refractivity contribution in [2.24, 2.45) is 0 Å². The Kier molecular flexibility index (Phi) is 8.53. The Morgan fingerprint density at radius 3 is 2.29 bits per heavy atom. The minimum atomic E-state index is -3.66. The molecule has 2 aromatic rings. The lowest BCUT2D eigenvalue weighted by Gasteiger charge is -2.20. The van der Waals surface area contributed by atoms with E-state index in [4.69, 9.17) is 4.74 Å². The highest BCUT2D eigenvalue weighted by atomic mass is 32.2. The Balaban J connectivity index is 1.99. The van der Waals surface area contributed by atoms with Gasteiger partial charge in [-0.3, -0.25) is 4.79 Å². The predicted molar refractivity (Wildman–Crippen MR) is 121 cm³/mol. The van der Waals surface area contributed by atoms with Gasteiger partial charge in [0, 0.05) is 24.9 Å². The number of esters is 1. The maximum absolute atomic E-state index is 12.8. The molecule has 31 heavy (non-hydrogen) atoms. The molecule has 166 valence electrons. The maximum Gasteiger partial charge on any atom is 0.331 e. The van der Waals surface area contributed by atoms with Crippen molar-refractivity contribution in [1.82, 2.24) is 4.31 Å². The molecule has 0 aliphatic heterocycles. The third-order valence-corrected chi connectivity index (χ3v) is 6.82. The highest BCUT2D eigenvalue weighted by molar-refractivity contribution is 7.89. The lowest BCUT2D eigenvalue weighted by Crippen LogP contribution is -2.31. The average Bonchev–Trinajstić information content (AvgIpc) is 2.73. The van der Waals surface area contributed by atoms with E-state index in [9.17, 15) is 18.0 Å². The summed E-state index contributed by atoms with van der Waals surface area (Å²) in [6, 6.07) is 12.2. The molecule has 0 aromatic heterocycles. The summed E-state index contributed by atoms with van der Waals surface area (Å²) in [5.74, 6) is -1.21. The van der Waals surface area contributed by atoms with Gasteiger partial charge in [0.1, 0.15) is 0 Å². The molecule has 0 unspecified atom stereocenters. The zero-order chi connectivity index (χ0) is 23.0. The lowest BCUT2D eigenvalue weighted by atomic mass is 10.1. The Hall–Kier alpha value is -2.97. The largest absolute Gasteiger partial charge is 0.452 e. The summed E-state index contributed by atoms with van der Waals surface area (Å²) in [6.07, 6.45) is 2.85. The molecular formula is C23H28N2O5S. The molecule has 0 spiro atoms. The van der Waals surface area contributed by atoms with Gasteiger partial charge in [-0.1, -0.05) is 49.7 Å². The van der Waals surface area contributed by atoms with Crippen LogP contribution in [0.4, 0.5) is 5.69 Å². The number of carbonyl (C=O) groups is 2. The van der Waals surface area contributed by atoms with Crippen molar-refractivity contribution in [3.8, 4) is 0 Å². The number of nitrogens with zero attached hydrogens (tertiary/aromatic N) is 1. The summed E-state index contributed by atoms with van der Waals surface area (Å²) < 4.78 is 31.9. The van der Waals surface area contributed by atoms with E-state index in [0.717, 1.165) is 11.1 Å². The number of carbonyl (C=O) groups excluding carboxylic acids is 2. The van der Waals surface area contributed by atoms with E-state index in [2.05, 4.69) is 5.32 Å². The number of ether oxygens (including phenoxy) is 1. The van der Waals surface area contributed by atoms with Crippen LogP contribution < -0.4 is 5.32 Å². The van der Waals surface area contributed by atoms with E-state index in [1.165, 1.54) is 16.4 Å². The Labute approximate surface area is 183 Å². The van der Waals surface area contributed by atoms with Crippen molar-refractivity contribution in [3.05, 3.63) is 65.2 Å². The van der Waals surface area contributed by atoms with Crippen molar-refractivity contribution in [2.45, 2.75) is 32.6 Å². The van der Waals surface area contributed by atoms with Gasteiger partial charge in [-0.2, -0.15) is 4.31 Å². The SMILES string of the molecule is CCN(CC)S(=O)(=O)c1cc(NC(=O)COC(=O)/C=C/c2ccc(C)cc2)ccc1C. The molecule has 1 N–H and O–H groups in total. The molecule has 1 amide bonds. The highest BCUT2D eigenvalue weighted by Gasteiger charge is 2.24. The van der Waals surface area contributed by atoms with E-state index in [1.54, 1.807) is 39.0 Å². The summed E-state index contributed by atoms with van der Waals surface area (Å²) in [6.45, 7) is 7.42. The molecular weight excluding hydrogens is 416 g/mol. The molecule has 2 rings (SSSR count). The van der Waals surface area contributed by atoms with Crippen LogP contribution in [0.25, 0.3) is 6.08 Å². The smallest absolute Gasteiger partial charge is 0.331 e. The zero-order valence-electron chi connectivity index (χ0n) is 18.2. The van der Waals surface area contributed by atoms with Crippen LogP contribution >= 0.6 is 0 Å². The number of hydrogen-bond acceptors (Lipinski definition) is 5. The van der Waals surface area contributed by atoms with Crippen LogP contribution in [-0.2, 0) is 24.3 Å². The minimum Gasteiger partial charge on any atom is -0.452 e. The molecule has 8 heteroatoms. The molecule has 0 bridgehead atoms. The fourth-order valence-corrected chi connectivity index (χ4v) is 4.59. The monoisotopic (exact) mass is 444 g/mol. The number of rotatable bonds is 9. The molecule has 0 heterocycles. The van der Waals surface area contributed by atoms with Gasteiger partial charge in [-0.15, -0.1) is 0 Å². The van der Waals surface area contributed by atoms with Crippen LogP contribution in [0.3, 0.4) is 0 Å². The second-order valence-corrected chi connectivity index (χ2v) is 8.88. The highest BCUT2D eigenvalue weighted by Crippen LogP contribution is 2.23. The summed E-state index contributed by atoms with van der Waals surface area (Å²) >= 11 is 0. The van der Waals surface area contributed by atoms with Gasteiger partial charge in [0.2, 0.25) is 10.0 Å². The van der Waals surface area contributed by atoms with E-state index in [0.29, 0.717) is 24.3 Å². The third kappa shape index (κ3) is 6.77. The normalized spacial score (nSPS) is 11.6. The Bertz CT molecular complexity index is 1060. The fourth-order valence-electron chi connectivity index (χ4n) is 2.88. The van der Waals surface area contributed by atoms with E-state index < -0.39 is 28.5 Å². The predicted octanol–water partition coefficient (Wildman–Crippen LogP) is 3.53. The molecule has 2 aromatic carbocycles. The van der Waals surface area contributed by atoms with Crippen LogP contribution in [0, 0.1) is 13.8 Å². The number of anilines is 1. The molecule has 0 atom stereocenters. The molecule has 0 saturated carbocycles. The summed E-state index contributed by atoms with van der Waals surface area (Å²) in [5, 5.41) is 2.57. The van der Waals surface area contributed by atoms with Crippen molar-refractivity contribution in [1.29, 1.82) is 0 Å². The third-order valence-electron chi connectivity index (χ3n) is 4.63. The maximum atomic E-state index is 12.8. The number of benzene rings is 2. The van der Waals surface area contributed by atoms with Gasteiger partial charge in [0.05, 0.1) is 4.90 Å². The summed E-state index contributed by atoms with van der Waals surface area (Å²) in [5.41, 5.74) is 2.85. The summed E-state index contributed by atoms with van der Waals surface area (Å²) in [7, 11) is -3.66. The van der Waals surface area contributed by atoms with Crippen LogP contribution in [0.1, 0.15) is 30.5 Å². The van der Waals surface area contributed by atoms with Crippen LogP contribution in [0.5, 0.6) is 0 Å². The number of amides is 1. The molecule has 0 fully saturated rings. The number of hydrogen-bond donors (Lipinski definition) is 1. The summed E-state index contributed by atoms with van der Waals surface area (Å²) in [4.78, 5) is 24.1. The zero-order valence-corrected chi connectivity index (χ0v) is 19.0. The van der Waals surface area contributed by atoms with Crippen molar-refractivity contribution in [3.63, 3.8) is 0 Å². The number of sulfonamides is 1. The average molecular weight is 445 g/mol. The van der Waals surface area contributed by atoms with E-state index >= 15 is 0 Å². The van der Waals surface area contributed by atoms with Crippen molar-refractivity contribution < 1.29 is 22.7 Å². The van der Waals surface area contributed by atoms with Crippen molar-refractivity contribution in [2.75, 3.05) is 25.0 Å². The fraction of sp³-hybridized carbons (Fsp3) is 0.304. The molecule has 0 aliphatic carbocycles. The topological polar surface area (TPSA) is 92.8 Å². The van der Waals surface area contributed by atoms with Gasteiger partial charge in [0.15, 0.2) is 6.61 Å². The second kappa shape index (κ2) is 10.9. The minimum absolute atomic E-state index is 0.132. The van der Waals surface area contributed by atoms with E-state index in [-0.39, 0.29) is 4.90 Å². The van der Waals surface area contributed by atoms with Gasteiger partial charge >= 0.3 is 5.97 Å². The van der Waals surface area contributed by atoms with Gasteiger partial charge < -0.3 is 10.1 Å². The first-order chi connectivity index (χ1) is 14.7. The van der Waals surface area contributed by atoms with Crippen LogP contribution in [0.15, 0.2) is 53.4 Å². The van der Waals surface area contributed by atoms with Gasteiger partial charge in [0.25, 0.3) is 5.91 Å². The van der Waals surface area contributed by atoms with Gasteiger partial charge in [-0.25, -0.2) is 13.2 Å². The second-order valence-electron chi connectivity index (χ2n) is 6.97. The Morgan fingerprint density at radius 1 is 1.03 bits per heavy atom. The lowest BCUT2D eigenvalue weighted by molar-refractivity contribution is -0.142. The first-order valence-corrected chi connectivity index (χ1v) is 11.4. The molecule has 0 saturated heterocycles. The first-order valence-electron chi connectivity index (χ1n) is 9.99. The molecule has 0 radical (unpaired) electrons. The van der Waals surface area contributed by atoms with Crippen molar-refractivity contribution >= 4 is 33.7 Å². The van der Waals surface area contributed by atoms with Crippen LogP contribution in [0.2, 0.25) is 0 Å². The first kappa shape index (κ1) is 24.3. The Morgan fingerprint density at radius 2 is 1.68 bits per heavy atom. The standard InChI is InChI=1S/C23H28N2O5S/c1-5-25(6-2)31(28,29)21-15-20(13-9-18(21)4)24-22(26)16-30-23(27)14-12-19-10-7-17(3)8-11-19/h7-15H,5-6,16H2,1-4H3,(H,24,26)/b14-12+. The molecule has 0 aliphatic rings. The number of aryl methyl sites for hydroxylation is 2. The molecule has 7 nitrogen and oxygen atoms in total. The number of nitrogens with one attached hydrogen (secondary N) is 1. The van der Waals surface area contributed by atoms with E-state index in [1.807, 2.05) is 31.2 Å². The quantitative estimate of drug-likeness (QED) is 0.472.